The van der Waals surface area contributed by atoms with Crippen molar-refractivity contribution >= 4 is 5.97 Å². The SMILES string of the molecule is COC(=O)[C@@H](N[C@H](CO)c1ccccc1)[C@@H](O)c1ccco1. The van der Waals surface area contributed by atoms with Crippen LogP contribution in [0, 0.1) is 0 Å². The van der Waals surface area contributed by atoms with E-state index in [0.29, 0.717) is 0 Å². The highest BCUT2D eigenvalue weighted by Crippen LogP contribution is 2.21. The summed E-state index contributed by atoms with van der Waals surface area (Å²) in [6.07, 6.45) is 0.188. The summed E-state index contributed by atoms with van der Waals surface area (Å²) in [6, 6.07) is 10.8. The molecule has 2 rings (SSSR count). The summed E-state index contributed by atoms with van der Waals surface area (Å²) in [7, 11) is 1.24. The van der Waals surface area contributed by atoms with E-state index in [2.05, 4.69) is 5.32 Å². The van der Waals surface area contributed by atoms with E-state index in [1.165, 1.54) is 13.4 Å². The molecule has 1 heterocycles. The van der Waals surface area contributed by atoms with Gasteiger partial charge in [-0.05, 0) is 17.7 Å². The summed E-state index contributed by atoms with van der Waals surface area (Å²) in [4.78, 5) is 12.0. The van der Waals surface area contributed by atoms with Gasteiger partial charge in [0, 0.05) is 0 Å². The maximum atomic E-state index is 12.0. The van der Waals surface area contributed by atoms with E-state index in [0.717, 1.165) is 5.56 Å². The molecule has 0 bridgehead atoms. The smallest absolute Gasteiger partial charge is 0.326 e. The van der Waals surface area contributed by atoms with Gasteiger partial charge in [-0.2, -0.15) is 0 Å². The number of hydrogen-bond acceptors (Lipinski definition) is 6. The lowest BCUT2D eigenvalue weighted by molar-refractivity contribution is -0.147. The Hall–Kier alpha value is -2.15. The van der Waals surface area contributed by atoms with Gasteiger partial charge in [0.05, 0.1) is 26.0 Å². The number of furan rings is 1. The zero-order chi connectivity index (χ0) is 15.9. The number of methoxy groups -OCH3 is 1. The van der Waals surface area contributed by atoms with Gasteiger partial charge in [0.25, 0.3) is 0 Å². The molecule has 6 heteroatoms. The summed E-state index contributed by atoms with van der Waals surface area (Å²) in [6.45, 7) is -0.234. The van der Waals surface area contributed by atoms with Crippen LogP contribution in [0.2, 0.25) is 0 Å². The summed E-state index contributed by atoms with van der Waals surface area (Å²) in [5.74, 6) is -0.397. The fourth-order valence-electron chi connectivity index (χ4n) is 2.20. The predicted octanol–water partition coefficient (Wildman–Crippen LogP) is 1.18. The van der Waals surface area contributed by atoms with E-state index < -0.39 is 24.2 Å². The molecule has 0 amide bonds. The van der Waals surface area contributed by atoms with Crippen molar-refractivity contribution in [2.45, 2.75) is 18.2 Å². The van der Waals surface area contributed by atoms with Gasteiger partial charge in [0.2, 0.25) is 0 Å². The first-order chi connectivity index (χ1) is 10.7. The van der Waals surface area contributed by atoms with Gasteiger partial charge >= 0.3 is 5.97 Å². The number of ether oxygens (including phenoxy) is 1. The van der Waals surface area contributed by atoms with Gasteiger partial charge in [-0.15, -0.1) is 0 Å². The molecule has 0 saturated carbocycles. The monoisotopic (exact) mass is 305 g/mol. The number of carbonyl (C=O) groups is 1. The van der Waals surface area contributed by atoms with Gasteiger partial charge in [0.1, 0.15) is 17.9 Å². The highest BCUT2D eigenvalue weighted by atomic mass is 16.5. The molecule has 3 N–H and O–H groups in total. The Morgan fingerprint density at radius 1 is 1.27 bits per heavy atom. The first-order valence-electron chi connectivity index (χ1n) is 6.88. The molecule has 0 aliphatic rings. The summed E-state index contributed by atoms with van der Waals surface area (Å²) >= 11 is 0. The average molecular weight is 305 g/mol. The van der Waals surface area contributed by atoms with Crippen LogP contribution >= 0.6 is 0 Å². The van der Waals surface area contributed by atoms with Crippen LogP contribution in [0.15, 0.2) is 53.1 Å². The highest BCUT2D eigenvalue weighted by Gasteiger charge is 2.32. The Balaban J connectivity index is 2.20. The van der Waals surface area contributed by atoms with Crippen LogP contribution in [0.5, 0.6) is 0 Å². The second kappa shape index (κ2) is 7.74. The molecule has 1 aromatic heterocycles. The van der Waals surface area contributed by atoms with Crippen molar-refractivity contribution in [2.75, 3.05) is 13.7 Å². The Morgan fingerprint density at radius 3 is 2.55 bits per heavy atom. The zero-order valence-electron chi connectivity index (χ0n) is 12.2. The standard InChI is InChI=1S/C16H19NO5/c1-21-16(20)14(15(19)13-8-5-9-22-13)17-12(10-18)11-6-3-2-4-7-11/h2-9,12,14-15,17-19H,10H2,1H3/t12-,14+,15+/m1/s1. The molecular formula is C16H19NO5. The summed E-state index contributed by atoms with van der Waals surface area (Å²) < 4.78 is 9.86. The third kappa shape index (κ3) is 3.73. The van der Waals surface area contributed by atoms with Crippen LogP contribution < -0.4 is 5.32 Å². The summed E-state index contributed by atoms with van der Waals surface area (Å²) in [5, 5.41) is 22.8. The van der Waals surface area contributed by atoms with E-state index in [1.54, 1.807) is 12.1 Å². The maximum Gasteiger partial charge on any atom is 0.326 e. The molecule has 0 unspecified atom stereocenters. The lowest BCUT2D eigenvalue weighted by atomic mass is 10.0. The third-order valence-corrected chi connectivity index (χ3v) is 3.37. The Labute approximate surface area is 128 Å². The average Bonchev–Trinajstić information content (AvgIpc) is 3.10. The molecule has 118 valence electrons. The van der Waals surface area contributed by atoms with Gasteiger partial charge < -0.3 is 19.4 Å². The van der Waals surface area contributed by atoms with Crippen molar-refractivity contribution in [2.24, 2.45) is 0 Å². The van der Waals surface area contributed by atoms with Crippen LogP contribution in [0.4, 0.5) is 0 Å². The number of aliphatic hydroxyl groups is 2. The summed E-state index contributed by atoms with van der Waals surface area (Å²) in [5.41, 5.74) is 0.797. The van der Waals surface area contributed by atoms with Crippen molar-refractivity contribution in [3.8, 4) is 0 Å². The van der Waals surface area contributed by atoms with Crippen LogP contribution in [0.1, 0.15) is 23.5 Å². The molecule has 0 fully saturated rings. The van der Waals surface area contributed by atoms with Crippen LogP contribution in [0.3, 0.4) is 0 Å². The number of esters is 1. The predicted molar refractivity (Wildman–Crippen MR) is 78.9 cm³/mol. The lowest BCUT2D eigenvalue weighted by Crippen LogP contribution is -2.45. The molecule has 2 aromatic rings. The van der Waals surface area contributed by atoms with Crippen molar-refractivity contribution < 1.29 is 24.2 Å². The van der Waals surface area contributed by atoms with E-state index in [1.807, 2.05) is 30.3 Å². The molecule has 0 aliphatic carbocycles. The lowest BCUT2D eigenvalue weighted by Gasteiger charge is -2.25. The largest absolute Gasteiger partial charge is 0.468 e. The van der Waals surface area contributed by atoms with Crippen molar-refractivity contribution in [1.29, 1.82) is 0 Å². The van der Waals surface area contributed by atoms with Gasteiger partial charge in [-0.25, -0.2) is 0 Å². The zero-order valence-corrected chi connectivity index (χ0v) is 12.2. The van der Waals surface area contributed by atoms with E-state index in [-0.39, 0.29) is 12.4 Å². The minimum Gasteiger partial charge on any atom is -0.468 e. The van der Waals surface area contributed by atoms with Gasteiger partial charge in [-0.1, -0.05) is 30.3 Å². The molecule has 3 atom stereocenters. The van der Waals surface area contributed by atoms with Gasteiger partial charge in [-0.3, -0.25) is 10.1 Å². The Morgan fingerprint density at radius 2 is 2.00 bits per heavy atom. The molecule has 22 heavy (non-hydrogen) atoms. The second-order valence-electron chi connectivity index (χ2n) is 4.77. The molecule has 6 nitrogen and oxygen atoms in total. The van der Waals surface area contributed by atoms with Crippen LogP contribution in [-0.2, 0) is 9.53 Å². The normalized spacial score (nSPS) is 15.0. The molecular weight excluding hydrogens is 286 g/mol. The first-order valence-corrected chi connectivity index (χ1v) is 6.88. The molecule has 0 radical (unpaired) electrons. The second-order valence-corrected chi connectivity index (χ2v) is 4.77. The molecule has 0 saturated heterocycles. The fourth-order valence-corrected chi connectivity index (χ4v) is 2.20. The van der Waals surface area contributed by atoms with E-state index >= 15 is 0 Å². The number of rotatable bonds is 7. The van der Waals surface area contributed by atoms with Crippen molar-refractivity contribution in [1.82, 2.24) is 5.32 Å². The number of nitrogens with one attached hydrogen (secondary N) is 1. The molecule has 0 aliphatic heterocycles. The maximum absolute atomic E-state index is 12.0. The third-order valence-electron chi connectivity index (χ3n) is 3.37. The first kappa shape index (κ1) is 16.2. The Kier molecular flexibility index (Phi) is 5.71. The highest BCUT2D eigenvalue weighted by molar-refractivity contribution is 5.76. The minimum absolute atomic E-state index is 0.234. The molecule has 0 spiro atoms. The van der Waals surface area contributed by atoms with Gasteiger partial charge in [0.15, 0.2) is 0 Å². The Bertz CT molecular complexity index is 569. The van der Waals surface area contributed by atoms with Crippen LogP contribution in [0.25, 0.3) is 0 Å². The number of carbonyl (C=O) groups excluding carboxylic acids is 1. The fraction of sp³-hybridized carbons (Fsp3) is 0.312. The van der Waals surface area contributed by atoms with E-state index in [9.17, 15) is 15.0 Å². The van der Waals surface area contributed by atoms with E-state index in [4.69, 9.17) is 9.15 Å². The number of hydrogen-bond donors (Lipinski definition) is 3. The molecule has 1 aromatic carbocycles. The minimum atomic E-state index is -1.22. The number of aliphatic hydroxyl groups excluding tert-OH is 2. The van der Waals surface area contributed by atoms with Crippen molar-refractivity contribution in [3.05, 3.63) is 60.1 Å². The van der Waals surface area contributed by atoms with Crippen LogP contribution in [-0.4, -0.2) is 35.9 Å². The topological polar surface area (TPSA) is 91.9 Å². The quantitative estimate of drug-likeness (QED) is 0.665. The number of benzene rings is 1. The van der Waals surface area contributed by atoms with Crippen molar-refractivity contribution in [3.63, 3.8) is 0 Å².